The van der Waals surface area contributed by atoms with Crippen LogP contribution in [0.15, 0.2) is 33.9 Å². The smallest absolute Gasteiger partial charge is 0.366 e. The molecule has 64 heavy (non-hydrogen) atoms. The number of unbranched alkanes of at least 4 members (excludes halogenated alkanes) is 3. The van der Waals surface area contributed by atoms with Crippen LogP contribution in [0.4, 0.5) is 20.2 Å². The molecule has 6 atom stereocenters. The van der Waals surface area contributed by atoms with E-state index in [9.17, 15) is 51.9 Å². The van der Waals surface area contributed by atoms with Gasteiger partial charge < -0.3 is 54.4 Å². The van der Waals surface area contributed by atoms with Gasteiger partial charge in [0.2, 0.25) is 5.91 Å². The van der Waals surface area contributed by atoms with Crippen LogP contribution in [-0.4, -0.2) is 118 Å². The number of esters is 5. The molecule has 0 spiro atoms. The Bertz CT molecular complexity index is 2080. The lowest BCUT2D eigenvalue weighted by Crippen LogP contribution is -2.70. The van der Waals surface area contributed by atoms with E-state index in [4.69, 9.17) is 39.6 Å². The van der Waals surface area contributed by atoms with Gasteiger partial charge in [-0.15, -0.1) is 6.42 Å². The molecule has 0 saturated carbocycles. The van der Waals surface area contributed by atoms with Gasteiger partial charge in [0.15, 0.2) is 18.8 Å². The minimum atomic E-state index is -2.73. The Labute approximate surface area is 366 Å². The van der Waals surface area contributed by atoms with Crippen molar-refractivity contribution in [3.8, 4) is 12.3 Å². The van der Waals surface area contributed by atoms with E-state index >= 15 is 0 Å². The van der Waals surface area contributed by atoms with Crippen molar-refractivity contribution in [3.05, 3.63) is 55.8 Å². The van der Waals surface area contributed by atoms with Crippen molar-refractivity contribution >= 4 is 53.0 Å². The number of hydrogen-bond acceptors (Lipinski definition) is 18. The molecule has 0 aliphatic carbocycles. The van der Waals surface area contributed by atoms with Crippen molar-refractivity contribution in [2.45, 2.75) is 109 Å². The number of ether oxygens (including phenoxy) is 7. The van der Waals surface area contributed by atoms with Gasteiger partial charge in [-0.3, -0.25) is 38.4 Å². The Hall–Kier alpha value is -6.47. The van der Waals surface area contributed by atoms with Crippen LogP contribution in [0.2, 0.25) is 0 Å². The quantitative estimate of drug-likeness (QED) is 0.0357. The first-order chi connectivity index (χ1) is 30.3. The Morgan fingerprint density at radius 3 is 2.08 bits per heavy atom. The number of terminal acetylenes is 1. The lowest BCUT2D eigenvalue weighted by molar-refractivity contribution is -0.313. The summed E-state index contributed by atoms with van der Waals surface area (Å²) in [5, 5.41) is 10.7. The molecule has 2 amide bonds. The minimum absolute atomic E-state index is 0.0610. The first-order valence-electron chi connectivity index (χ1n) is 20.0. The van der Waals surface area contributed by atoms with Crippen LogP contribution in [0, 0.1) is 12.3 Å². The van der Waals surface area contributed by atoms with Crippen molar-refractivity contribution < 1.29 is 75.5 Å². The second-order valence-corrected chi connectivity index (χ2v) is 14.5. The third-order valence-corrected chi connectivity index (χ3v) is 9.49. The molecule has 4 N–H and O–H groups in total. The molecule has 350 valence electrons. The lowest BCUT2D eigenvalue weighted by atomic mass is 9.87. The molecule has 0 unspecified atom stereocenters. The summed E-state index contributed by atoms with van der Waals surface area (Å²) in [5.74, 6) is -6.61. The third kappa shape index (κ3) is 15.4. The van der Waals surface area contributed by atoms with E-state index in [2.05, 4.69) is 27.2 Å². The molecule has 1 fully saturated rings. The molecule has 2 aromatic carbocycles. The largest absolute Gasteiger partial charge is 0.465 e. The number of nitrogens with one attached hydrogen (secondary N) is 4. The van der Waals surface area contributed by atoms with E-state index in [1.54, 1.807) is 0 Å². The molecule has 2 aromatic rings. The fourth-order valence-corrected chi connectivity index (χ4v) is 6.68. The van der Waals surface area contributed by atoms with E-state index in [-0.39, 0.29) is 36.5 Å². The van der Waals surface area contributed by atoms with Gasteiger partial charge in [-0.25, -0.2) is 13.6 Å². The Morgan fingerprint density at radius 1 is 0.859 bits per heavy atom. The fraction of sp³-hybridized carbons (Fsp3) is 0.548. The SMILES string of the molecule is C#CCNc1c(NCCCCCCO[C@]2(C(=O)OC)C[C@H](OC(C)=O)[C@@H](NC(=O)COC(C)=O)[C@H]([C@H](OC(C)=O)[C@@H](CNC(=O)Cc3ccc(C(F)F)cc3)OC(C)=O)O2)c(=O)c1=O. The minimum Gasteiger partial charge on any atom is -0.465 e. The maximum atomic E-state index is 13.7. The molecule has 0 aromatic heterocycles. The molecule has 20 nitrogen and oxygen atoms in total. The number of carbonyl (C=O) groups excluding carboxylic acids is 7. The van der Waals surface area contributed by atoms with Gasteiger partial charge in [-0.2, -0.15) is 0 Å². The lowest BCUT2D eigenvalue weighted by Gasteiger charge is -2.48. The number of amides is 2. The number of carbonyl (C=O) groups is 7. The van der Waals surface area contributed by atoms with Crippen LogP contribution in [0.1, 0.15) is 77.4 Å². The maximum Gasteiger partial charge on any atom is 0.366 e. The van der Waals surface area contributed by atoms with Crippen molar-refractivity contribution in [3.63, 3.8) is 0 Å². The number of anilines is 2. The maximum absolute atomic E-state index is 13.7. The first kappa shape index (κ1) is 51.9. The Kier molecular flexibility index (Phi) is 20.3. The average Bonchev–Trinajstić information content (AvgIpc) is 3.23. The number of benzene rings is 1. The second-order valence-electron chi connectivity index (χ2n) is 14.5. The van der Waals surface area contributed by atoms with E-state index in [1.165, 1.54) is 12.1 Å². The van der Waals surface area contributed by atoms with Crippen molar-refractivity contribution in [2.24, 2.45) is 0 Å². The highest BCUT2D eigenvalue weighted by Gasteiger charge is 2.59. The number of alkyl halides is 2. The van der Waals surface area contributed by atoms with E-state index in [0.717, 1.165) is 46.9 Å². The van der Waals surface area contributed by atoms with E-state index in [0.29, 0.717) is 37.8 Å². The summed E-state index contributed by atoms with van der Waals surface area (Å²) in [7, 11) is 1.01. The first-order valence-corrected chi connectivity index (χ1v) is 20.0. The molecular formula is C42H52F2N4O16. The molecule has 0 bridgehead atoms. The van der Waals surface area contributed by atoms with Gasteiger partial charge in [0.25, 0.3) is 29.0 Å². The zero-order valence-corrected chi connectivity index (χ0v) is 35.9. The highest BCUT2D eigenvalue weighted by Crippen LogP contribution is 2.37. The molecule has 22 heteroatoms. The van der Waals surface area contributed by atoms with Crippen LogP contribution in [0.5, 0.6) is 0 Å². The molecule has 1 saturated heterocycles. The summed E-state index contributed by atoms with van der Waals surface area (Å²) in [6, 6.07) is 3.37. The molecule has 1 aliphatic rings. The van der Waals surface area contributed by atoms with Crippen molar-refractivity contribution in [1.82, 2.24) is 10.6 Å². The topological polar surface area (TPSA) is 266 Å². The number of hydrogen-bond donors (Lipinski definition) is 4. The number of rotatable bonds is 25. The summed E-state index contributed by atoms with van der Waals surface area (Å²) < 4.78 is 65.2. The fourth-order valence-electron chi connectivity index (χ4n) is 6.68. The molecule has 1 heterocycles. The van der Waals surface area contributed by atoms with Gasteiger partial charge in [0, 0.05) is 39.8 Å². The molecular weight excluding hydrogens is 854 g/mol. The van der Waals surface area contributed by atoms with Gasteiger partial charge in [0.1, 0.15) is 23.6 Å². The van der Waals surface area contributed by atoms with Crippen molar-refractivity contribution in [1.29, 1.82) is 0 Å². The van der Waals surface area contributed by atoms with Gasteiger partial charge in [-0.05, 0) is 18.4 Å². The van der Waals surface area contributed by atoms with Crippen molar-refractivity contribution in [2.75, 3.05) is 50.6 Å². The molecule has 1 aliphatic heterocycles. The zero-order valence-electron chi connectivity index (χ0n) is 35.9. The Balaban J connectivity index is 1.93. The van der Waals surface area contributed by atoms with E-state index < -0.39 is 115 Å². The van der Waals surface area contributed by atoms with Crippen LogP contribution >= 0.6 is 0 Å². The summed E-state index contributed by atoms with van der Waals surface area (Å²) in [6.45, 7) is 2.83. The van der Waals surface area contributed by atoms with E-state index in [1.807, 2.05) is 0 Å². The number of methoxy groups -OCH3 is 1. The van der Waals surface area contributed by atoms with Gasteiger partial charge in [-0.1, -0.05) is 43.0 Å². The van der Waals surface area contributed by atoms with Crippen LogP contribution in [-0.2, 0) is 73.1 Å². The summed E-state index contributed by atoms with van der Waals surface area (Å²) in [6.07, 6.45) is -3.41. The standard InChI is InChI=1S/C42H52F2N4O16/c1-7-16-45-34-35(37(56)36(34)55)46-17-10-8-9-11-18-60-42(41(57)58-6)20-29(61-24(3)50)33(48-32(54)22-59-23(2)49)39(64-42)38(63-26(5)52)30(62-25(4)51)21-47-31(53)19-27-12-14-28(15-13-27)40(43)44/h1,12-15,29-30,33,38-40,45-46H,8-11,16-22H2,2-6H3,(H,47,53)(H,48,54)/t29-,30+,33+,38+,39+,42+/m0/s1. The zero-order chi connectivity index (χ0) is 47.6. The van der Waals surface area contributed by atoms with Gasteiger partial charge >= 0.3 is 29.8 Å². The third-order valence-electron chi connectivity index (χ3n) is 9.49. The predicted octanol–water partition coefficient (Wildman–Crippen LogP) is 1.11. The molecule has 3 rings (SSSR count). The summed E-state index contributed by atoms with van der Waals surface area (Å²) in [4.78, 5) is 113. The van der Waals surface area contributed by atoms with Crippen LogP contribution < -0.4 is 32.1 Å². The monoisotopic (exact) mass is 906 g/mol. The highest BCUT2D eigenvalue weighted by molar-refractivity contribution is 5.81. The van der Waals surface area contributed by atoms with Crippen LogP contribution in [0.3, 0.4) is 0 Å². The average molecular weight is 907 g/mol. The predicted molar refractivity (Wildman–Crippen MR) is 219 cm³/mol. The second kappa shape index (κ2) is 25.0. The highest BCUT2D eigenvalue weighted by atomic mass is 19.3. The van der Waals surface area contributed by atoms with Crippen LogP contribution in [0.25, 0.3) is 0 Å². The number of halogens is 2. The Morgan fingerprint density at radius 2 is 1.50 bits per heavy atom. The molecule has 0 radical (unpaired) electrons. The summed E-state index contributed by atoms with van der Waals surface area (Å²) in [5.41, 5.74) is -0.997. The summed E-state index contributed by atoms with van der Waals surface area (Å²) >= 11 is 0. The van der Waals surface area contributed by atoms with Gasteiger partial charge in [0.05, 0.1) is 45.7 Å². The normalized spacial score (nSPS) is 19.0.